The second-order valence-electron chi connectivity index (χ2n) is 5.74. The highest BCUT2D eigenvalue weighted by atomic mass is 16.2. The molecular formula is C15H22N2O2. The number of benzene rings is 1. The Hall–Kier alpha value is -1.84. The number of Topliss-reactive ketones (excluding diaryl/α,β-unsaturated/α-hetero) is 1. The lowest BCUT2D eigenvalue weighted by Crippen LogP contribution is -2.47. The fraction of sp³-hybridized carbons (Fsp3) is 0.467. The van der Waals surface area contributed by atoms with Crippen molar-refractivity contribution < 1.29 is 9.59 Å². The zero-order chi connectivity index (χ0) is 14.6. The lowest BCUT2D eigenvalue weighted by atomic mass is 10.1. The van der Waals surface area contributed by atoms with Crippen LogP contribution in [-0.2, 0) is 4.79 Å². The Labute approximate surface area is 114 Å². The predicted molar refractivity (Wildman–Crippen MR) is 77.4 cm³/mol. The van der Waals surface area contributed by atoms with Gasteiger partial charge >= 0.3 is 0 Å². The molecule has 0 saturated heterocycles. The summed E-state index contributed by atoms with van der Waals surface area (Å²) in [6.07, 6.45) is 0. The van der Waals surface area contributed by atoms with Crippen LogP contribution in [0.3, 0.4) is 0 Å². The Morgan fingerprint density at radius 1 is 1.21 bits per heavy atom. The third-order valence-corrected chi connectivity index (χ3v) is 2.54. The zero-order valence-electron chi connectivity index (χ0n) is 12.2. The van der Waals surface area contributed by atoms with Gasteiger partial charge in [0.2, 0.25) is 5.91 Å². The van der Waals surface area contributed by atoms with Gasteiger partial charge in [0.1, 0.15) is 6.04 Å². The quantitative estimate of drug-likeness (QED) is 0.820. The second kappa shape index (κ2) is 5.87. The fourth-order valence-electron chi connectivity index (χ4n) is 1.62. The van der Waals surface area contributed by atoms with E-state index in [-0.39, 0.29) is 23.3 Å². The summed E-state index contributed by atoms with van der Waals surface area (Å²) in [6.45, 7) is 9.13. The number of hydrogen-bond acceptors (Lipinski definition) is 3. The molecule has 0 spiro atoms. The van der Waals surface area contributed by atoms with Crippen molar-refractivity contribution in [3.8, 4) is 0 Å². The highest BCUT2D eigenvalue weighted by molar-refractivity contribution is 5.95. The van der Waals surface area contributed by atoms with Crippen molar-refractivity contribution in [2.45, 2.75) is 46.2 Å². The molecule has 4 nitrogen and oxygen atoms in total. The van der Waals surface area contributed by atoms with Crippen LogP contribution in [0.2, 0.25) is 0 Å². The maximum atomic E-state index is 11.9. The molecule has 2 N–H and O–H groups in total. The molecule has 0 aromatic heterocycles. The monoisotopic (exact) mass is 262 g/mol. The summed E-state index contributed by atoms with van der Waals surface area (Å²) < 4.78 is 0. The minimum atomic E-state index is -0.360. The van der Waals surface area contributed by atoms with Crippen molar-refractivity contribution in [3.05, 3.63) is 29.8 Å². The van der Waals surface area contributed by atoms with Crippen LogP contribution in [0.15, 0.2) is 24.3 Å². The average molecular weight is 262 g/mol. The molecule has 4 heteroatoms. The van der Waals surface area contributed by atoms with Crippen molar-refractivity contribution in [2.75, 3.05) is 5.32 Å². The van der Waals surface area contributed by atoms with Crippen molar-refractivity contribution in [3.63, 3.8) is 0 Å². The van der Waals surface area contributed by atoms with Crippen LogP contribution in [0.5, 0.6) is 0 Å². The van der Waals surface area contributed by atoms with E-state index in [1.807, 2.05) is 26.8 Å². The minimum Gasteiger partial charge on any atom is -0.374 e. The molecule has 0 heterocycles. The van der Waals surface area contributed by atoms with E-state index in [0.29, 0.717) is 5.56 Å². The predicted octanol–water partition coefficient (Wildman–Crippen LogP) is 2.60. The summed E-state index contributed by atoms with van der Waals surface area (Å²) >= 11 is 0. The Bertz CT molecular complexity index is 475. The van der Waals surface area contributed by atoms with Gasteiger partial charge < -0.3 is 10.6 Å². The number of carbonyl (C=O) groups excluding carboxylic acids is 2. The minimum absolute atomic E-state index is 0.00967. The first-order valence-electron chi connectivity index (χ1n) is 6.38. The molecule has 0 aliphatic carbocycles. The van der Waals surface area contributed by atoms with Crippen LogP contribution >= 0.6 is 0 Å². The first-order valence-corrected chi connectivity index (χ1v) is 6.38. The average Bonchev–Trinajstić information content (AvgIpc) is 2.27. The Morgan fingerprint density at radius 2 is 1.84 bits per heavy atom. The smallest absolute Gasteiger partial charge is 0.242 e. The molecule has 1 aromatic carbocycles. The van der Waals surface area contributed by atoms with Crippen molar-refractivity contribution in [1.29, 1.82) is 0 Å². The second-order valence-corrected chi connectivity index (χ2v) is 5.74. The number of nitrogens with one attached hydrogen (secondary N) is 2. The van der Waals surface area contributed by atoms with E-state index in [0.717, 1.165) is 5.69 Å². The molecule has 1 atom stereocenters. The van der Waals surface area contributed by atoms with Gasteiger partial charge in [0.15, 0.2) is 5.78 Å². The molecule has 1 aromatic rings. The summed E-state index contributed by atoms with van der Waals surface area (Å²) in [6, 6.07) is 6.79. The van der Waals surface area contributed by atoms with E-state index >= 15 is 0 Å². The first kappa shape index (κ1) is 15.2. The lowest BCUT2D eigenvalue weighted by molar-refractivity contribution is -0.122. The molecule has 0 aliphatic rings. The van der Waals surface area contributed by atoms with Crippen molar-refractivity contribution >= 4 is 17.4 Å². The SMILES string of the molecule is CC(=O)c1cccc(N[C@H](C)C(=O)NC(C)(C)C)c1. The number of rotatable bonds is 4. The highest BCUT2D eigenvalue weighted by Crippen LogP contribution is 2.12. The van der Waals surface area contributed by atoms with Crippen LogP contribution in [0, 0.1) is 0 Å². The maximum absolute atomic E-state index is 11.9. The van der Waals surface area contributed by atoms with Gasteiger partial charge in [-0.2, -0.15) is 0 Å². The van der Waals surface area contributed by atoms with Crippen molar-refractivity contribution in [1.82, 2.24) is 5.32 Å². The van der Waals surface area contributed by atoms with Crippen LogP contribution in [-0.4, -0.2) is 23.3 Å². The van der Waals surface area contributed by atoms with Crippen molar-refractivity contribution in [2.24, 2.45) is 0 Å². The van der Waals surface area contributed by atoms with Crippen LogP contribution in [0.25, 0.3) is 0 Å². The summed E-state index contributed by atoms with van der Waals surface area (Å²) in [5.74, 6) is -0.0591. The Morgan fingerprint density at radius 3 is 2.37 bits per heavy atom. The maximum Gasteiger partial charge on any atom is 0.242 e. The third kappa shape index (κ3) is 5.12. The molecule has 19 heavy (non-hydrogen) atoms. The summed E-state index contributed by atoms with van der Waals surface area (Å²) in [4.78, 5) is 23.2. The molecule has 0 fully saturated rings. The van der Waals surface area contributed by atoms with Gasteiger partial charge in [0.05, 0.1) is 0 Å². The number of ketones is 1. The molecule has 0 unspecified atom stereocenters. The van der Waals surface area contributed by atoms with Gasteiger partial charge in [-0.25, -0.2) is 0 Å². The molecular weight excluding hydrogens is 240 g/mol. The topological polar surface area (TPSA) is 58.2 Å². The standard InChI is InChI=1S/C15H22N2O2/c1-10(14(19)17-15(3,4)5)16-13-8-6-7-12(9-13)11(2)18/h6-10,16H,1-5H3,(H,17,19)/t10-/m1/s1. The van der Waals surface area contributed by atoms with E-state index in [1.54, 1.807) is 25.1 Å². The van der Waals surface area contributed by atoms with Gasteiger partial charge in [-0.15, -0.1) is 0 Å². The number of hydrogen-bond donors (Lipinski definition) is 2. The fourth-order valence-corrected chi connectivity index (χ4v) is 1.62. The largest absolute Gasteiger partial charge is 0.374 e. The third-order valence-electron chi connectivity index (χ3n) is 2.54. The van der Waals surface area contributed by atoms with Crippen LogP contribution < -0.4 is 10.6 Å². The van der Waals surface area contributed by atoms with E-state index in [1.165, 1.54) is 6.92 Å². The van der Waals surface area contributed by atoms with E-state index in [4.69, 9.17) is 0 Å². The number of carbonyl (C=O) groups is 2. The Kier molecular flexibility index (Phi) is 4.70. The lowest BCUT2D eigenvalue weighted by Gasteiger charge is -2.24. The normalized spacial score (nSPS) is 12.7. The number of amides is 1. The Balaban J connectivity index is 2.71. The van der Waals surface area contributed by atoms with Gasteiger partial charge in [-0.05, 0) is 46.8 Å². The summed E-state index contributed by atoms with van der Waals surface area (Å²) in [5.41, 5.74) is 1.14. The molecule has 0 radical (unpaired) electrons. The molecule has 0 saturated carbocycles. The van der Waals surface area contributed by atoms with Gasteiger partial charge in [-0.1, -0.05) is 12.1 Å². The first-order chi connectivity index (χ1) is 8.69. The molecule has 1 rings (SSSR count). The molecule has 0 aliphatic heterocycles. The van der Waals surface area contributed by atoms with Gasteiger partial charge in [-0.3, -0.25) is 9.59 Å². The molecule has 104 valence electrons. The number of anilines is 1. The van der Waals surface area contributed by atoms with Crippen LogP contribution in [0.4, 0.5) is 5.69 Å². The van der Waals surface area contributed by atoms with E-state index in [9.17, 15) is 9.59 Å². The van der Waals surface area contributed by atoms with Gasteiger partial charge in [0.25, 0.3) is 0 Å². The highest BCUT2D eigenvalue weighted by Gasteiger charge is 2.19. The van der Waals surface area contributed by atoms with Crippen LogP contribution in [0.1, 0.15) is 45.0 Å². The molecule has 0 bridgehead atoms. The zero-order valence-corrected chi connectivity index (χ0v) is 12.2. The molecule has 1 amide bonds. The van der Waals surface area contributed by atoms with Gasteiger partial charge in [0, 0.05) is 16.8 Å². The summed E-state index contributed by atoms with van der Waals surface area (Å²) in [7, 11) is 0. The van der Waals surface area contributed by atoms with E-state index < -0.39 is 0 Å². The van der Waals surface area contributed by atoms with E-state index in [2.05, 4.69) is 10.6 Å². The summed E-state index contributed by atoms with van der Waals surface area (Å²) in [5, 5.41) is 6.00.